The molecule has 1 rings (SSSR count). The number of amides is 1. The Bertz CT molecular complexity index is 220. The summed E-state index contributed by atoms with van der Waals surface area (Å²) in [5.74, 6) is 1.27. The first-order valence-electron chi connectivity index (χ1n) is 5.77. The van der Waals surface area contributed by atoms with E-state index in [0.717, 1.165) is 26.2 Å². The largest absolute Gasteiger partial charge is 0.381 e. The first-order chi connectivity index (χ1) is 6.91. The fourth-order valence-corrected chi connectivity index (χ4v) is 1.72. The molecule has 1 N–H and O–H groups in total. The van der Waals surface area contributed by atoms with Gasteiger partial charge in [0.1, 0.15) is 0 Å². The van der Waals surface area contributed by atoms with Gasteiger partial charge in [0.25, 0.3) is 0 Å². The monoisotopic (exact) mass is 213 g/mol. The van der Waals surface area contributed by atoms with Crippen molar-refractivity contribution in [3.05, 3.63) is 0 Å². The Balaban J connectivity index is 2.33. The molecule has 1 fully saturated rings. The molecule has 0 spiro atoms. The van der Waals surface area contributed by atoms with Crippen molar-refractivity contribution in [2.45, 2.75) is 34.1 Å². The van der Waals surface area contributed by atoms with Gasteiger partial charge in [-0.2, -0.15) is 0 Å². The number of ether oxygens (including phenoxy) is 1. The van der Waals surface area contributed by atoms with Crippen LogP contribution in [0.25, 0.3) is 0 Å². The maximum absolute atomic E-state index is 11.7. The molecule has 0 aromatic rings. The minimum Gasteiger partial charge on any atom is -0.381 e. The summed E-state index contributed by atoms with van der Waals surface area (Å²) in [5, 5.41) is 3.03. The molecule has 0 radical (unpaired) electrons. The zero-order chi connectivity index (χ0) is 11.5. The quantitative estimate of drug-likeness (QED) is 0.760. The summed E-state index contributed by atoms with van der Waals surface area (Å²) in [4.78, 5) is 11.7. The van der Waals surface area contributed by atoms with Crippen molar-refractivity contribution in [1.82, 2.24) is 5.32 Å². The highest BCUT2D eigenvalue weighted by atomic mass is 16.5. The lowest BCUT2D eigenvalue weighted by Gasteiger charge is -2.30. The Morgan fingerprint density at radius 3 is 2.67 bits per heavy atom. The van der Waals surface area contributed by atoms with Gasteiger partial charge in [-0.25, -0.2) is 0 Å². The summed E-state index contributed by atoms with van der Waals surface area (Å²) in [6.45, 7) is 10.5. The van der Waals surface area contributed by atoms with E-state index in [2.05, 4.69) is 12.2 Å². The highest BCUT2D eigenvalue weighted by Gasteiger charge is 2.25. The third-order valence-corrected chi connectivity index (χ3v) is 3.02. The lowest BCUT2D eigenvalue weighted by Crippen LogP contribution is -2.41. The number of nitrogens with one attached hydrogen (secondary N) is 1. The summed E-state index contributed by atoms with van der Waals surface area (Å²) in [6, 6.07) is 0. The fourth-order valence-electron chi connectivity index (χ4n) is 1.72. The molecule has 1 saturated heterocycles. The minimum atomic E-state index is -0.283. The van der Waals surface area contributed by atoms with Crippen molar-refractivity contribution in [1.29, 1.82) is 0 Å². The van der Waals surface area contributed by atoms with E-state index >= 15 is 0 Å². The van der Waals surface area contributed by atoms with Crippen molar-refractivity contribution in [3.8, 4) is 0 Å². The fraction of sp³-hybridized carbons (Fsp3) is 0.917. The molecule has 0 unspecified atom stereocenters. The lowest BCUT2D eigenvalue weighted by atomic mass is 9.89. The van der Waals surface area contributed by atoms with Crippen LogP contribution in [0.4, 0.5) is 0 Å². The third kappa shape index (κ3) is 3.82. The highest BCUT2D eigenvalue weighted by Crippen LogP contribution is 2.21. The second-order valence-electron chi connectivity index (χ2n) is 5.56. The number of hydrogen-bond acceptors (Lipinski definition) is 2. The van der Waals surface area contributed by atoms with Crippen LogP contribution in [-0.2, 0) is 9.53 Å². The van der Waals surface area contributed by atoms with Gasteiger partial charge in [0, 0.05) is 25.2 Å². The van der Waals surface area contributed by atoms with Gasteiger partial charge in [0.15, 0.2) is 0 Å². The second-order valence-corrected chi connectivity index (χ2v) is 5.56. The van der Waals surface area contributed by atoms with Crippen LogP contribution in [-0.4, -0.2) is 25.7 Å². The first kappa shape index (κ1) is 12.5. The molecule has 0 saturated carbocycles. The van der Waals surface area contributed by atoms with Crippen LogP contribution in [0.15, 0.2) is 0 Å². The van der Waals surface area contributed by atoms with Crippen molar-refractivity contribution < 1.29 is 9.53 Å². The Kier molecular flexibility index (Phi) is 4.14. The predicted molar refractivity (Wildman–Crippen MR) is 60.6 cm³/mol. The first-order valence-corrected chi connectivity index (χ1v) is 5.77. The van der Waals surface area contributed by atoms with Crippen molar-refractivity contribution in [2.24, 2.45) is 17.3 Å². The SMILES string of the molecule is C[C@H]1COCC[C@@H]1CNC(=O)C(C)(C)C. The average molecular weight is 213 g/mol. The molecule has 0 aliphatic carbocycles. The topological polar surface area (TPSA) is 38.3 Å². The van der Waals surface area contributed by atoms with E-state index in [0.29, 0.717) is 11.8 Å². The van der Waals surface area contributed by atoms with Gasteiger partial charge in [0.2, 0.25) is 5.91 Å². The Hall–Kier alpha value is -0.570. The summed E-state index contributed by atoms with van der Waals surface area (Å²) in [5.41, 5.74) is -0.283. The van der Waals surface area contributed by atoms with Crippen LogP contribution < -0.4 is 5.32 Å². The molecular weight excluding hydrogens is 190 g/mol. The zero-order valence-electron chi connectivity index (χ0n) is 10.3. The number of rotatable bonds is 2. The third-order valence-electron chi connectivity index (χ3n) is 3.02. The van der Waals surface area contributed by atoms with Gasteiger partial charge < -0.3 is 10.1 Å². The summed E-state index contributed by atoms with van der Waals surface area (Å²) in [7, 11) is 0. The van der Waals surface area contributed by atoms with Gasteiger partial charge >= 0.3 is 0 Å². The van der Waals surface area contributed by atoms with Crippen LogP contribution in [0.1, 0.15) is 34.1 Å². The van der Waals surface area contributed by atoms with E-state index in [1.165, 1.54) is 0 Å². The van der Waals surface area contributed by atoms with E-state index in [4.69, 9.17) is 4.74 Å². The standard InChI is InChI=1S/C12H23NO2/c1-9-8-15-6-5-10(9)7-13-11(14)12(2,3)4/h9-10H,5-8H2,1-4H3,(H,13,14)/t9-,10+/m0/s1. The second kappa shape index (κ2) is 4.97. The smallest absolute Gasteiger partial charge is 0.225 e. The van der Waals surface area contributed by atoms with Gasteiger partial charge in [-0.3, -0.25) is 4.79 Å². The van der Waals surface area contributed by atoms with E-state index in [-0.39, 0.29) is 11.3 Å². The van der Waals surface area contributed by atoms with Crippen LogP contribution >= 0.6 is 0 Å². The van der Waals surface area contributed by atoms with Crippen molar-refractivity contribution in [3.63, 3.8) is 0 Å². The highest BCUT2D eigenvalue weighted by molar-refractivity contribution is 5.81. The molecule has 1 aliphatic heterocycles. The van der Waals surface area contributed by atoms with Gasteiger partial charge in [-0.15, -0.1) is 0 Å². The van der Waals surface area contributed by atoms with E-state index in [1.807, 2.05) is 20.8 Å². The average Bonchev–Trinajstić information content (AvgIpc) is 2.14. The normalized spacial score (nSPS) is 27.5. The molecule has 2 atom stereocenters. The maximum Gasteiger partial charge on any atom is 0.225 e. The Morgan fingerprint density at radius 1 is 1.47 bits per heavy atom. The molecule has 1 heterocycles. The summed E-state index contributed by atoms with van der Waals surface area (Å²) in [6.07, 6.45) is 1.06. The molecule has 15 heavy (non-hydrogen) atoms. The maximum atomic E-state index is 11.7. The summed E-state index contributed by atoms with van der Waals surface area (Å²) < 4.78 is 5.37. The number of carbonyl (C=O) groups excluding carboxylic acids is 1. The van der Waals surface area contributed by atoms with E-state index < -0.39 is 0 Å². The number of carbonyl (C=O) groups is 1. The molecule has 0 bridgehead atoms. The van der Waals surface area contributed by atoms with Gasteiger partial charge in [-0.05, 0) is 18.3 Å². The number of hydrogen-bond donors (Lipinski definition) is 1. The molecule has 1 amide bonds. The molecule has 88 valence electrons. The van der Waals surface area contributed by atoms with E-state index in [9.17, 15) is 4.79 Å². The molecule has 0 aromatic heterocycles. The Labute approximate surface area is 92.6 Å². The van der Waals surface area contributed by atoms with Crippen LogP contribution in [0.2, 0.25) is 0 Å². The van der Waals surface area contributed by atoms with Crippen LogP contribution in [0.5, 0.6) is 0 Å². The Morgan fingerprint density at radius 2 is 2.13 bits per heavy atom. The van der Waals surface area contributed by atoms with E-state index in [1.54, 1.807) is 0 Å². The van der Waals surface area contributed by atoms with Crippen LogP contribution in [0, 0.1) is 17.3 Å². The van der Waals surface area contributed by atoms with Crippen molar-refractivity contribution >= 4 is 5.91 Å². The molecule has 3 heteroatoms. The van der Waals surface area contributed by atoms with Crippen LogP contribution in [0.3, 0.4) is 0 Å². The molecule has 3 nitrogen and oxygen atoms in total. The predicted octanol–water partition coefficient (Wildman–Crippen LogP) is 1.82. The van der Waals surface area contributed by atoms with Crippen molar-refractivity contribution in [2.75, 3.05) is 19.8 Å². The zero-order valence-corrected chi connectivity index (χ0v) is 10.3. The minimum absolute atomic E-state index is 0.140. The molecule has 0 aromatic carbocycles. The summed E-state index contributed by atoms with van der Waals surface area (Å²) >= 11 is 0. The van der Waals surface area contributed by atoms with Gasteiger partial charge in [-0.1, -0.05) is 27.7 Å². The lowest BCUT2D eigenvalue weighted by molar-refractivity contribution is -0.129. The van der Waals surface area contributed by atoms with Gasteiger partial charge in [0.05, 0.1) is 0 Å². The molecule has 1 aliphatic rings. The molecular formula is C12H23NO2.